The Hall–Kier alpha value is -1.36. The van der Waals surface area contributed by atoms with E-state index in [1.54, 1.807) is 11.3 Å². The normalized spacial score (nSPS) is 10.0. The third-order valence-corrected chi connectivity index (χ3v) is 4.14. The van der Waals surface area contributed by atoms with Gasteiger partial charge in [-0.25, -0.2) is 0 Å². The maximum Gasteiger partial charge on any atom is 0.223 e. The number of halogens is 1. The van der Waals surface area contributed by atoms with Gasteiger partial charge in [0.05, 0.1) is 0 Å². The second-order valence-electron chi connectivity index (χ2n) is 5.07. The molecule has 120 valence electrons. The number of hydrogen-bond acceptors (Lipinski definition) is 3. The number of benzene rings is 1. The van der Waals surface area contributed by atoms with E-state index < -0.39 is 0 Å². The molecular weight excluding hydrogens is 316 g/mol. The Morgan fingerprint density at radius 1 is 1.14 bits per heavy atom. The van der Waals surface area contributed by atoms with Gasteiger partial charge >= 0.3 is 0 Å². The van der Waals surface area contributed by atoms with Crippen molar-refractivity contribution in [3.8, 4) is 0 Å². The molecule has 0 atom stereocenters. The first-order valence-electron chi connectivity index (χ1n) is 7.32. The van der Waals surface area contributed by atoms with Crippen molar-refractivity contribution in [2.45, 2.75) is 25.8 Å². The number of nitrogens with zero attached hydrogens (tertiary/aromatic N) is 1. The summed E-state index contributed by atoms with van der Waals surface area (Å²) in [7, 11) is 0. The van der Waals surface area contributed by atoms with Gasteiger partial charge in [-0.05, 0) is 47.3 Å². The van der Waals surface area contributed by atoms with Crippen LogP contribution >= 0.6 is 23.7 Å². The molecule has 0 spiro atoms. The van der Waals surface area contributed by atoms with Crippen LogP contribution in [-0.2, 0) is 17.8 Å². The van der Waals surface area contributed by atoms with E-state index in [-0.39, 0.29) is 18.3 Å². The highest BCUT2D eigenvalue weighted by Gasteiger charge is 2.13. The van der Waals surface area contributed by atoms with Gasteiger partial charge in [0, 0.05) is 19.5 Å². The van der Waals surface area contributed by atoms with Crippen molar-refractivity contribution in [2.75, 3.05) is 13.1 Å². The maximum absolute atomic E-state index is 12.4. The van der Waals surface area contributed by atoms with Gasteiger partial charge in [0.1, 0.15) is 0 Å². The van der Waals surface area contributed by atoms with Crippen LogP contribution in [0.15, 0.2) is 47.2 Å². The molecule has 0 aliphatic carbocycles. The molecule has 1 aromatic carbocycles. The molecule has 0 radical (unpaired) electrons. The van der Waals surface area contributed by atoms with Crippen LogP contribution in [-0.4, -0.2) is 23.9 Å². The highest BCUT2D eigenvalue weighted by Crippen LogP contribution is 2.11. The molecule has 3 nitrogen and oxygen atoms in total. The minimum atomic E-state index is 0. The average molecular weight is 339 g/mol. The number of aryl methyl sites for hydroxylation is 1. The van der Waals surface area contributed by atoms with Gasteiger partial charge in [0.2, 0.25) is 5.91 Å². The van der Waals surface area contributed by atoms with Crippen LogP contribution < -0.4 is 5.73 Å². The molecule has 0 fully saturated rings. The first-order valence-corrected chi connectivity index (χ1v) is 8.26. The fraction of sp³-hybridized carbons (Fsp3) is 0.353. The van der Waals surface area contributed by atoms with Gasteiger partial charge in [-0.15, -0.1) is 12.4 Å². The zero-order valence-electron chi connectivity index (χ0n) is 12.6. The molecule has 1 amide bonds. The third kappa shape index (κ3) is 6.18. The Balaban J connectivity index is 0.00000242. The van der Waals surface area contributed by atoms with Crippen LogP contribution in [0.25, 0.3) is 0 Å². The Labute approximate surface area is 142 Å². The fourth-order valence-corrected chi connectivity index (χ4v) is 2.93. The molecule has 0 bridgehead atoms. The van der Waals surface area contributed by atoms with Crippen molar-refractivity contribution in [2.24, 2.45) is 5.73 Å². The summed E-state index contributed by atoms with van der Waals surface area (Å²) in [6.07, 6.45) is 2.22. The Bertz CT molecular complexity index is 531. The highest BCUT2D eigenvalue weighted by atomic mass is 35.5. The van der Waals surface area contributed by atoms with Crippen LogP contribution in [0.5, 0.6) is 0 Å². The lowest BCUT2D eigenvalue weighted by Gasteiger charge is -2.22. The van der Waals surface area contributed by atoms with Gasteiger partial charge < -0.3 is 10.6 Å². The Morgan fingerprint density at radius 3 is 2.55 bits per heavy atom. The molecule has 5 heteroatoms. The van der Waals surface area contributed by atoms with E-state index in [2.05, 4.69) is 29.0 Å². The van der Waals surface area contributed by atoms with E-state index in [4.69, 9.17) is 5.73 Å². The summed E-state index contributed by atoms with van der Waals surface area (Å²) >= 11 is 1.67. The summed E-state index contributed by atoms with van der Waals surface area (Å²) in [6.45, 7) is 2.01. The topological polar surface area (TPSA) is 46.3 Å². The number of amides is 1. The molecule has 0 saturated heterocycles. The molecule has 0 saturated carbocycles. The van der Waals surface area contributed by atoms with Crippen molar-refractivity contribution < 1.29 is 4.79 Å². The van der Waals surface area contributed by atoms with E-state index in [9.17, 15) is 4.79 Å². The molecular formula is C17H23ClN2OS. The number of nitrogens with two attached hydrogens (primary N) is 1. The van der Waals surface area contributed by atoms with Gasteiger partial charge in [-0.3, -0.25) is 4.79 Å². The third-order valence-electron chi connectivity index (χ3n) is 3.41. The van der Waals surface area contributed by atoms with Crippen molar-refractivity contribution >= 4 is 29.7 Å². The number of carbonyl (C=O) groups is 1. The number of thiophene rings is 1. The predicted octanol–water partition coefficient (Wildman–Crippen LogP) is 3.48. The SMILES string of the molecule is Cl.NCCCN(Cc1ccccc1)C(=O)CCc1ccsc1. The van der Waals surface area contributed by atoms with E-state index >= 15 is 0 Å². The predicted molar refractivity (Wildman–Crippen MR) is 95.4 cm³/mol. The molecule has 2 rings (SSSR count). The number of carbonyl (C=O) groups excluding carboxylic acids is 1. The van der Waals surface area contributed by atoms with E-state index in [1.165, 1.54) is 11.1 Å². The van der Waals surface area contributed by atoms with Crippen molar-refractivity contribution in [3.63, 3.8) is 0 Å². The summed E-state index contributed by atoms with van der Waals surface area (Å²) in [5.74, 6) is 0.207. The number of rotatable bonds is 8. The lowest BCUT2D eigenvalue weighted by atomic mass is 10.1. The van der Waals surface area contributed by atoms with E-state index in [0.29, 0.717) is 19.5 Å². The van der Waals surface area contributed by atoms with Crippen molar-refractivity contribution in [3.05, 3.63) is 58.3 Å². The Morgan fingerprint density at radius 2 is 1.91 bits per heavy atom. The lowest BCUT2D eigenvalue weighted by Crippen LogP contribution is -2.32. The molecule has 0 unspecified atom stereocenters. The van der Waals surface area contributed by atoms with Crippen LogP contribution in [0.3, 0.4) is 0 Å². The standard InChI is InChI=1S/C17H22N2OS.ClH/c18-10-4-11-19(13-15-5-2-1-3-6-15)17(20)8-7-16-9-12-21-14-16;/h1-3,5-6,9,12,14H,4,7-8,10-11,13,18H2;1H. The molecule has 1 heterocycles. The fourth-order valence-electron chi connectivity index (χ4n) is 2.22. The summed E-state index contributed by atoms with van der Waals surface area (Å²) in [6, 6.07) is 12.2. The minimum Gasteiger partial charge on any atom is -0.338 e. The monoisotopic (exact) mass is 338 g/mol. The van der Waals surface area contributed by atoms with E-state index in [1.807, 2.05) is 23.1 Å². The average Bonchev–Trinajstić information content (AvgIpc) is 3.03. The molecule has 22 heavy (non-hydrogen) atoms. The second kappa shape index (κ2) is 10.4. The summed E-state index contributed by atoms with van der Waals surface area (Å²) in [5, 5.41) is 4.16. The first kappa shape index (κ1) is 18.7. The van der Waals surface area contributed by atoms with Gasteiger partial charge in [0.15, 0.2) is 0 Å². The van der Waals surface area contributed by atoms with E-state index in [0.717, 1.165) is 19.4 Å². The molecule has 1 aromatic heterocycles. The van der Waals surface area contributed by atoms with Crippen LogP contribution in [0.2, 0.25) is 0 Å². The minimum absolute atomic E-state index is 0. The molecule has 0 aliphatic heterocycles. The first-order chi connectivity index (χ1) is 10.3. The largest absolute Gasteiger partial charge is 0.338 e. The second-order valence-corrected chi connectivity index (χ2v) is 5.85. The number of hydrogen-bond donors (Lipinski definition) is 1. The quantitative estimate of drug-likeness (QED) is 0.801. The highest BCUT2D eigenvalue weighted by molar-refractivity contribution is 7.07. The van der Waals surface area contributed by atoms with Gasteiger partial charge in [-0.2, -0.15) is 11.3 Å². The smallest absolute Gasteiger partial charge is 0.223 e. The zero-order valence-corrected chi connectivity index (χ0v) is 14.2. The molecule has 2 N–H and O–H groups in total. The van der Waals surface area contributed by atoms with Gasteiger partial charge in [0.25, 0.3) is 0 Å². The van der Waals surface area contributed by atoms with Gasteiger partial charge in [-0.1, -0.05) is 30.3 Å². The Kier molecular flexibility index (Phi) is 8.82. The summed E-state index contributed by atoms with van der Waals surface area (Å²) in [4.78, 5) is 14.4. The van der Waals surface area contributed by atoms with Crippen LogP contribution in [0, 0.1) is 0 Å². The van der Waals surface area contributed by atoms with Crippen LogP contribution in [0.1, 0.15) is 24.0 Å². The van der Waals surface area contributed by atoms with Crippen LogP contribution in [0.4, 0.5) is 0 Å². The zero-order chi connectivity index (χ0) is 14.9. The lowest BCUT2D eigenvalue weighted by molar-refractivity contribution is -0.131. The summed E-state index contributed by atoms with van der Waals surface area (Å²) in [5.41, 5.74) is 7.99. The maximum atomic E-state index is 12.4. The molecule has 2 aromatic rings. The van der Waals surface area contributed by atoms with Crippen molar-refractivity contribution in [1.82, 2.24) is 4.90 Å². The van der Waals surface area contributed by atoms with Crippen molar-refractivity contribution in [1.29, 1.82) is 0 Å². The molecule has 0 aliphatic rings. The summed E-state index contributed by atoms with van der Waals surface area (Å²) < 4.78 is 0.